The molecule has 0 unspecified atom stereocenters. The minimum Gasteiger partial charge on any atom is -0.474 e. The number of halogens is 1. The molecule has 1 aliphatic carbocycles. The van der Waals surface area contributed by atoms with Crippen molar-refractivity contribution >= 4 is 34.8 Å². The molecule has 10 heteroatoms. The van der Waals surface area contributed by atoms with Gasteiger partial charge in [-0.1, -0.05) is 29.0 Å². The summed E-state index contributed by atoms with van der Waals surface area (Å²) in [5.74, 6) is 0.217. The van der Waals surface area contributed by atoms with E-state index in [1.54, 1.807) is 24.1 Å². The van der Waals surface area contributed by atoms with Gasteiger partial charge in [0.05, 0.1) is 16.6 Å². The minimum absolute atomic E-state index is 0.0407. The fourth-order valence-electron chi connectivity index (χ4n) is 4.84. The highest BCUT2D eigenvalue weighted by Gasteiger charge is 2.38. The number of thiophene rings is 1. The van der Waals surface area contributed by atoms with Crippen molar-refractivity contribution < 1.29 is 19.1 Å². The van der Waals surface area contributed by atoms with Gasteiger partial charge in [-0.05, 0) is 55.9 Å². The molecule has 4 rings (SSSR count). The molecule has 1 saturated carbocycles. The SMILES string of the molecule is COC[C@H]1C(=O)N(C[C@H]2CC[C@H](NCc3ccccn3)CC2)CCN1C(=O)COc1ccc(Cl)s1. The number of nitrogens with one attached hydrogen (secondary N) is 1. The zero-order chi connectivity index (χ0) is 24.6. The average molecular weight is 521 g/mol. The van der Waals surface area contributed by atoms with Gasteiger partial charge >= 0.3 is 0 Å². The maximum Gasteiger partial charge on any atom is 0.261 e. The Hall–Kier alpha value is -2.20. The van der Waals surface area contributed by atoms with Gasteiger partial charge in [0.1, 0.15) is 6.04 Å². The van der Waals surface area contributed by atoms with Crippen LogP contribution in [0.1, 0.15) is 31.4 Å². The quantitative estimate of drug-likeness (QED) is 0.518. The summed E-state index contributed by atoms with van der Waals surface area (Å²) >= 11 is 7.20. The van der Waals surface area contributed by atoms with Gasteiger partial charge in [-0.25, -0.2) is 0 Å². The van der Waals surface area contributed by atoms with Crippen LogP contribution in [-0.4, -0.2) is 78.6 Å². The number of carbonyl (C=O) groups is 2. The Bertz CT molecular complexity index is 967. The summed E-state index contributed by atoms with van der Waals surface area (Å²) < 4.78 is 11.5. The van der Waals surface area contributed by atoms with E-state index in [1.165, 1.54) is 11.3 Å². The second-order valence-corrected chi connectivity index (χ2v) is 10.8. The molecule has 0 bridgehead atoms. The summed E-state index contributed by atoms with van der Waals surface area (Å²) in [7, 11) is 1.55. The molecule has 2 fully saturated rings. The summed E-state index contributed by atoms with van der Waals surface area (Å²) in [6, 6.07) is 9.30. The van der Waals surface area contributed by atoms with E-state index in [0.29, 0.717) is 34.4 Å². The zero-order valence-corrected chi connectivity index (χ0v) is 21.6. The average Bonchev–Trinajstić information content (AvgIpc) is 3.30. The number of ether oxygens (including phenoxy) is 2. The van der Waals surface area contributed by atoms with Gasteiger partial charge in [0, 0.05) is 45.5 Å². The molecule has 8 nitrogen and oxygen atoms in total. The van der Waals surface area contributed by atoms with Gasteiger partial charge in [-0.3, -0.25) is 14.6 Å². The highest BCUT2D eigenvalue weighted by Crippen LogP contribution is 2.29. The lowest BCUT2D eigenvalue weighted by molar-refractivity contribution is -0.155. The van der Waals surface area contributed by atoms with E-state index in [4.69, 9.17) is 21.1 Å². The van der Waals surface area contributed by atoms with Crippen molar-refractivity contribution in [1.82, 2.24) is 20.1 Å². The molecular formula is C25H33ClN4O4S. The first-order valence-electron chi connectivity index (χ1n) is 12.1. The van der Waals surface area contributed by atoms with Crippen LogP contribution in [0.15, 0.2) is 36.5 Å². The highest BCUT2D eigenvalue weighted by molar-refractivity contribution is 7.17. The number of carbonyl (C=O) groups excluding carboxylic acids is 2. The van der Waals surface area contributed by atoms with Crippen molar-refractivity contribution in [2.75, 3.05) is 40.0 Å². The van der Waals surface area contributed by atoms with Crippen LogP contribution >= 0.6 is 22.9 Å². The Morgan fingerprint density at radius 2 is 2.03 bits per heavy atom. The lowest BCUT2D eigenvalue weighted by atomic mass is 9.85. The third kappa shape index (κ3) is 7.16. The van der Waals surface area contributed by atoms with Gasteiger partial charge in [0.25, 0.3) is 5.91 Å². The third-order valence-electron chi connectivity index (χ3n) is 6.74. The third-order valence-corrected chi connectivity index (χ3v) is 7.88. The molecule has 3 heterocycles. The maximum absolute atomic E-state index is 13.3. The van der Waals surface area contributed by atoms with E-state index in [1.807, 2.05) is 29.3 Å². The lowest BCUT2D eigenvalue weighted by Gasteiger charge is -2.42. The van der Waals surface area contributed by atoms with E-state index in [0.717, 1.165) is 44.5 Å². The van der Waals surface area contributed by atoms with Gasteiger partial charge < -0.3 is 24.6 Å². The predicted octanol–water partition coefficient (Wildman–Crippen LogP) is 3.21. The summed E-state index contributed by atoms with van der Waals surface area (Å²) in [5, 5.41) is 4.20. The van der Waals surface area contributed by atoms with Crippen LogP contribution in [0.5, 0.6) is 5.06 Å². The number of hydrogen-bond acceptors (Lipinski definition) is 7. The summed E-state index contributed by atoms with van der Waals surface area (Å²) in [6.45, 7) is 2.59. The first-order chi connectivity index (χ1) is 17.0. The zero-order valence-electron chi connectivity index (χ0n) is 20.0. The van der Waals surface area contributed by atoms with Crippen LogP contribution in [0.3, 0.4) is 0 Å². The molecule has 2 aromatic rings. The molecule has 2 amide bonds. The number of aromatic nitrogens is 1. The van der Waals surface area contributed by atoms with Crippen molar-refractivity contribution in [3.8, 4) is 5.06 Å². The molecule has 1 atom stereocenters. The Morgan fingerprint density at radius 1 is 1.20 bits per heavy atom. The van der Waals surface area contributed by atoms with E-state index in [2.05, 4.69) is 10.3 Å². The second kappa shape index (κ2) is 12.7. The van der Waals surface area contributed by atoms with Gasteiger partial charge in [-0.2, -0.15) is 0 Å². The van der Waals surface area contributed by atoms with Gasteiger partial charge in [0.15, 0.2) is 11.7 Å². The number of nitrogens with zero attached hydrogens (tertiary/aromatic N) is 3. The van der Waals surface area contributed by atoms with Crippen molar-refractivity contribution in [3.05, 3.63) is 46.6 Å². The molecule has 1 N–H and O–H groups in total. The molecular weight excluding hydrogens is 488 g/mol. The fraction of sp³-hybridized carbons (Fsp3) is 0.560. The summed E-state index contributed by atoms with van der Waals surface area (Å²) in [4.78, 5) is 34.0. The Kier molecular flexibility index (Phi) is 9.37. The number of piperazine rings is 1. The molecule has 1 saturated heterocycles. The molecule has 2 aliphatic rings. The first-order valence-corrected chi connectivity index (χ1v) is 13.3. The number of methoxy groups -OCH3 is 1. The largest absolute Gasteiger partial charge is 0.474 e. The highest BCUT2D eigenvalue weighted by atomic mass is 35.5. The minimum atomic E-state index is -0.617. The normalized spacial score (nSPS) is 22.9. The summed E-state index contributed by atoms with van der Waals surface area (Å²) in [5.41, 5.74) is 1.06. The van der Waals surface area contributed by atoms with Crippen LogP contribution in [0, 0.1) is 5.92 Å². The smallest absolute Gasteiger partial charge is 0.261 e. The first kappa shape index (κ1) is 25.9. The van der Waals surface area contributed by atoms with E-state index < -0.39 is 6.04 Å². The van der Waals surface area contributed by atoms with Gasteiger partial charge in [-0.15, -0.1) is 0 Å². The number of pyridine rings is 1. The number of hydrogen-bond donors (Lipinski definition) is 1. The molecule has 1 aliphatic heterocycles. The molecule has 0 spiro atoms. The van der Waals surface area contributed by atoms with E-state index >= 15 is 0 Å². The van der Waals surface area contributed by atoms with Crippen LogP contribution in [0.2, 0.25) is 4.34 Å². The van der Waals surface area contributed by atoms with E-state index in [-0.39, 0.29) is 25.0 Å². The predicted molar refractivity (Wildman–Crippen MR) is 136 cm³/mol. The Labute approximate surface area is 215 Å². The summed E-state index contributed by atoms with van der Waals surface area (Å²) in [6.07, 6.45) is 6.17. The lowest BCUT2D eigenvalue weighted by Crippen LogP contribution is -2.61. The Morgan fingerprint density at radius 3 is 2.71 bits per heavy atom. The monoisotopic (exact) mass is 520 g/mol. The van der Waals surface area contributed by atoms with Crippen LogP contribution in [-0.2, 0) is 20.9 Å². The number of rotatable bonds is 10. The topological polar surface area (TPSA) is 84.0 Å². The van der Waals surface area contributed by atoms with Crippen molar-refractivity contribution in [2.45, 2.75) is 44.3 Å². The van der Waals surface area contributed by atoms with Gasteiger partial charge in [0.2, 0.25) is 5.91 Å². The molecule has 0 aromatic carbocycles. The van der Waals surface area contributed by atoms with Crippen LogP contribution in [0.25, 0.3) is 0 Å². The second-order valence-electron chi connectivity index (χ2n) is 9.11. The molecule has 0 radical (unpaired) electrons. The van der Waals surface area contributed by atoms with E-state index in [9.17, 15) is 9.59 Å². The maximum atomic E-state index is 13.3. The van der Waals surface area contributed by atoms with Crippen molar-refractivity contribution in [2.24, 2.45) is 5.92 Å². The molecule has 2 aromatic heterocycles. The van der Waals surface area contributed by atoms with Crippen molar-refractivity contribution in [1.29, 1.82) is 0 Å². The number of amides is 2. The van der Waals surface area contributed by atoms with Crippen molar-refractivity contribution in [3.63, 3.8) is 0 Å². The van der Waals surface area contributed by atoms with Crippen LogP contribution < -0.4 is 10.1 Å². The molecule has 190 valence electrons. The Balaban J connectivity index is 1.24. The van der Waals surface area contributed by atoms with Crippen LogP contribution in [0.4, 0.5) is 0 Å². The molecule has 35 heavy (non-hydrogen) atoms. The fourth-order valence-corrected chi connectivity index (χ4v) is 5.71. The standard InChI is InChI=1S/C25H33ClN4O4S/c1-33-16-21-25(32)29(12-13-30(21)23(31)17-34-24-10-9-22(26)35-24)15-18-5-7-19(8-6-18)28-14-20-4-2-3-11-27-20/h2-4,9-11,18-19,21,28H,5-8,12-17H2,1H3/t18-,19-,21-/m0/s1.